The Bertz CT molecular complexity index is 555. The first kappa shape index (κ1) is 11.6. The number of methoxy groups -OCH3 is 1. The van der Waals surface area contributed by atoms with Gasteiger partial charge in [-0.1, -0.05) is 24.3 Å². The zero-order chi connectivity index (χ0) is 12.3. The molecule has 1 heterocycles. The van der Waals surface area contributed by atoms with Gasteiger partial charge in [0, 0.05) is 30.2 Å². The van der Waals surface area contributed by atoms with E-state index in [1.807, 2.05) is 28.8 Å². The van der Waals surface area contributed by atoms with Crippen LogP contribution in [-0.4, -0.2) is 18.0 Å². The largest absolute Gasteiger partial charge is 0.364 e. The molecule has 0 radical (unpaired) electrons. The highest BCUT2D eigenvalue weighted by Crippen LogP contribution is 2.25. The topological polar surface area (TPSA) is 31.2 Å². The Morgan fingerprint density at radius 1 is 1.41 bits per heavy atom. The van der Waals surface area contributed by atoms with E-state index in [0.29, 0.717) is 13.2 Å². The van der Waals surface area contributed by atoms with Crippen LogP contribution in [-0.2, 0) is 17.9 Å². The highest BCUT2D eigenvalue weighted by Gasteiger charge is 2.14. The first-order chi connectivity index (χ1) is 8.33. The van der Waals surface area contributed by atoms with Gasteiger partial charge < -0.3 is 9.30 Å². The third-order valence-electron chi connectivity index (χ3n) is 2.84. The summed E-state index contributed by atoms with van der Waals surface area (Å²) in [5, 5.41) is 0.969. The second-order valence-electron chi connectivity index (χ2n) is 3.83. The van der Waals surface area contributed by atoms with Crippen molar-refractivity contribution in [3.05, 3.63) is 48.2 Å². The Hall–Kier alpha value is -1.87. The summed E-state index contributed by atoms with van der Waals surface area (Å²) in [6.07, 6.45) is 3.37. The Morgan fingerprint density at radius 2 is 2.18 bits per heavy atom. The molecule has 3 nitrogen and oxygen atoms in total. The minimum atomic E-state index is 0.442. The lowest BCUT2D eigenvalue weighted by Gasteiger charge is -2.08. The molecule has 88 valence electrons. The number of aromatic nitrogens is 1. The van der Waals surface area contributed by atoms with Gasteiger partial charge >= 0.3 is 0 Å². The number of hydrogen-bond acceptors (Lipinski definition) is 2. The molecule has 0 unspecified atom stereocenters. The van der Waals surface area contributed by atoms with Gasteiger partial charge in [0.1, 0.15) is 6.73 Å². The molecule has 0 aliphatic carbocycles. The average molecular weight is 229 g/mol. The molecule has 0 N–H and O–H groups in total. The maximum Gasteiger partial charge on any atom is 0.152 e. The predicted molar refractivity (Wildman–Crippen MR) is 68.2 cm³/mol. The molecule has 0 spiro atoms. The van der Waals surface area contributed by atoms with Crippen molar-refractivity contribution < 1.29 is 9.53 Å². The Balaban J connectivity index is 2.76. The zero-order valence-corrected chi connectivity index (χ0v) is 9.85. The van der Waals surface area contributed by atoms with E-state index < -0.39 is 0 Å². The van der Waals surface area contributed by atoms with Gasteiger partial charge in [-0.2, -0.15) is 0 Å². The van der Waals surface area contributed by atoms with Gasteiger partial charge in [-0.05, 0) is 6.07 Å². The number of carbonyl (C=O) groups excluding carboxylic acids is 1. The monoisotopic (exact) mass is 229 g/mol. The second kappa shape index (κ2) is 4.97. The molecule has 2 rings (SSSR count). The number of hydrogen-bond donors (Lipinski definition) is 0. The molecule has 0 atom stereocenters. The smallest absolute Gasteiger partial charge is 0.152 e. The predicted octanol–water partition coefficient (Wildman–Crippen LogP) is 2.79. The van der Waals surface area contributed by atoms with Crippen molar-refractivity contribution in [3.8, 4) is 0 Å². The van der Waals surface area contributed by atoms with Crippen LogP contribution in [0.1, 0.15) is 16.1 Å². The fraction of sp³-hybridized carbons (Fsp3) is 0.214. The van der Waals surface area contributed by atoms with Gasteiger partial charge in [-0.3, -0.25) is 4.79 Å². The first-order valence-electron chi connectivity index (χ1n) is 5.48. The van der Waals surface area contributed by atoms with E-state index in [1.54, 1.807) is 13.2 Å². The first-order valence-corrected chi connectivity index (χ1v) is 5.48. The third-order valence-corrected chi connectivity index (χ3v) is 2.84. The van der Waals surface area contributed by atoms with Crippen molar-refractivity contribution >= 4 is 17.2 Å². The van der Waals surface area contributed by atoms with Crippen LogP contribution in [0.2, 0.25) is 0 Å². The molecule has 0 fully saturated rings. The van der Waals surface area contributed by atoms with E-state index in [0.717, 1.165) is 28.4 Å². The van der Waals surface area contributed by atoms with Crippen LogP contribution in [0.15, 0.2) is 36.9 Å². The number of nitrogens with zero attached hydrogens (tertiary/aromatic N) is 1. The number of carbonyl (C=O) groups is 1. The van der Waals surface area contributed by atoms with Gasteiger partial charge in [0.2, 0.25) is 0 Å². The standard InChI is InChI=1S/C14H15NO2/c1-3-6-13-12(9-16)11-7-4-5-8-14(11)15(13)10-17-2/h3-5,7-9H,1,6,10H2,2H3. The quantitative estimate of drug-likeness (QED) is 0.583. The van der Waals surface area contributed by atoms with Crippen LogP contribution < -0.4 is 0 Å². The van der Waals surface area contributed by atoms with Crippen LogP contribution in [0.4, 0.5) is 0 Å². The minimum Gasteiger partial charge on any atom is -0.364 e. The molecule has 3 heteroatoms. The molecule has 2 aromatic rings. The van der Waals surface area contributed by atoms with Crippen molar-refractivity contribution in [1.82, 2.24) is 4.57 Å². The van der Waals surface area contributed by atoms with Crippen LogP contribution in [0.25, 0.3) is 10.9 Å². The van der Waals surface area contributed by atoms with Gasteiger partial charge in [-0.25, -0.2) is 0 Å². The second-order valence-corrected chi connectivity index (χ2v) is 3.83. The molecule has 0 bridgehead atoms. The Morgan fingerprint density at radius 3 is 2.82 bits per heavy atom. The summed E-state index contributed by atoms with van der Waals surface area (Å²) in [7, 11) is 1.65. The zero-order valence-electron chi connectivity index (χ0n) is 9.85. The van der Waals surface area contributed by atoms with Gasteiger partial charge in [0.05, 0.1) is 5.52 Å². The molecule has 0 aliphatic heterocycles. The lowest BCUT2D eigenvalue weighted by atomic mass is 10.1. The maximum absolute atomic E-state index is 11.2. The maximum atomic E-state index is 11.2. The van der Waals surface area contributed by atoms with Gasteiger partial charge in [0.25, 0.3) is 0 Å². The average Bonchev–Trinajstić information content (AvgIpc) is 2.65. The molecule has 0 amide bonds. The SMILES string of the molecule is C=CCc1c(C=O)c2ccccc2n1COC. The van der Waals surface area contributed by atoms with Crippen molar-refractivity contribution in [1.29, 1.82) is 0 Å². The Kier molecular flexibility index (Phi) is 3.40. The molecule has 1 aromatic carbocycles. The third kappa shape index (κ3) is 1.89. The molecule has 1 aromatic heterocycles. The van der Waals surface area contributed by atoms with Crippen LogP contribution in [0, 0.1) is 0 Å². The van der Waals surface area contributed by atoms with E-state index in [-0.39, 0.29) is 0 Å². The molecule has 0 aliphatic rings. The fourth-order valence-corrected chi connectivity index (χ4v) is 2.15. The van der Waals surface area contributed by atoms with E-state index >= 15 is 0 Å². The van der Waals surface area contributed by atoms with Crippen molar-refractivity contribution in [2.45, 2.75) is 13.2 Å². The van der Waals surface area contributed by atoms with Crippen molar-refractivity contribution in [2.75, 3.05) is 7.11 Å². The van der Waals surface area contributed by atoms with E-state index in [1.165, 1.54) is 0 Å². The molecular formula is C14H15NO2. The van der Waals surface area contributed by atoms with E-state index in [9.17, 15) is 4.79 Å². The number of benzene rings is 1. The molecule has 0 saturated carbocycles. The lowest BCUT2D eigenvalue weighted by molar-refractivity contribution is 0.112. The Labute approximate surface area is 100 Å². The van der Waals surface area contributed by atoms with Crippen LogP contribution >= 0.6 is 0 Å². The van der Waals surface area contributed by atoms with Crippen LogP contribution in [0.3, 0.4) is 0 Å². The summed E-state index contributed by atoms with van der Waals surface area (Å²) in [6.45, 7) is 4.17. The normalized spacial score (nSPS) is 10.6. The molecule has 0 saturated heterocycles. The number of allylic oxidation sites excluding steroid dienone is 1. The van der Waals surface area contributed by atoms with E-state index in [2.05, 4.69) is 6.58 Å². The number of rotatable bonds is 5. The van der Waals surface area contributed by atoms with Crippen LogP contribution in [0.5, 0.6) is 0 Å². The van der Waals surface area contributed by atoms with Crippen molar-refractivity contribution in [2.24, 2.45) is 0 Å². The summed E-state index contributed by atoms with van der Waals surface area (Å²) >= 11 is 0. The number of fused-ring (bicyclic) bond motifs is 1. The molecule has 17 heavy (non-hydrogen) atoms. The summed E-state index contributed by atoms with van der Waals surface area (Å²) in [6, 6.07) is 7.84. The number of aldehydes is 1. The number of ether oxygens (including phenoxy) is 1. The highest BCUT2D eigenvalue weighted by atomic mass is 16.5. The van der Waals surface area contributed by atoms with E-state index in [4.69, 9.17) is 4.74 Å². The summed E-state index contributed by atoms with van der Waals surface area (Å²) in [5.41, 5.74) is 2.71. The minimum absolute atomic E-state index is 0.442. The lowest BCUT2D eigenvalue weighted by Crippen LogP contribution is -2.05. The summed E-state index contributed by atoms with van der Waals surface area (Å²) < 4.78 is 7.21. The summed E-state index contributed by atoms with van der Waals surface area (Å²) in [4.78, 5) is 11.2. The number of para-hydroxylation sites is 1. The van der Waals surface area contributed by atoms with Crippen molar-refractivity contribution in [3.63, 3.8) is 0 Å². The van der Waals surface area contributed by atoms with Gasteiger partial charge in [0.15, 0.2) is 6.29 Å². The fourth-order valence-electron chi connectivity index (χ4n) is 2.15. The molecular weight excluding hydrogens is 214 g/mol. The highest BCUT2D eigenvalue weighted by molar-refractivity contribution is 5.99. The van der Waals surface area contributed by atoms with Gasteiger partial charge in [-0.15, -0.1) is 6.58 Å². The summed E-state index contributed by atoms with van der Waals surface area (Å²) in [5.74, 6) is 0.